The van der Waals surface area contributed by atoms with Gasteiger partial charge in [-0.25, -0.2) is 0 Å². The van der Waals surface area contributed by atoms with Crippen LogP contribution in [0.15, 0.2) is 18.2 Å². The van der Waals surface area contributed by atoms with Crippen LogP contribution < -0.4 is 0 Å². The van der Waals surface area contributed by atoms with E-state index in [-0.39, 0.29) is 5.92 Å². The van der Waals surface area contributed by atoms with Crippen molar-refractivity contribution < 1.29 is 0 Å². The van der Waals surface area contributed by atoms with Crippen LogP contribution in [-0.4, -0.2) is 0 Å². The molecule has 1 heteroatoms. The van der Waals surface area contributed by atoms with E-state index in [1.807, 2.05) is 0 Å². The summed E-state index contributed by atoms with van der Waals surface area (Å²) in [5.74, 6) is 0.558. The maximum Gasteiger partial charge on any atom is 0.0661 e. The van der Waals surface area contributed by atoms with E-state index in [0.29, 0.717) is 5.92 Å². The average molecular weight is 201 g/mol. The molecule has 80 valence electrons. The second kappa shape index (κ2) is 4.98. The lowest BCUT2D eigenvalue weighted by molar-refractivity contribution is 0.473. The largest absolute Gasteiger partial charge is 0.198 e. The highest BCUT2D eigenvalue weighted by Gasteiger charge is 2.13. The van der Waals surface area contributed by atoms with Crippen molar-refractivity contribution in [3.8, 4) is 6.07 Å². The first-order chi connectivity index (χ1) is 7.04. The van der Waals surface area contributed by atoms with Crippen LogP contribution in [0.3, 0.4) is 0 Å². The van der Waals surface area contributed by atoms with Gasteiger partial charge in [0.2, 0.25) is 0 Å². The summed E-state index contributed by atoms with van der Waals surface area (Å²) in [6.45, 7) is 8.44. The molecule has 0 bridgehead atoms. The number of hydrogen-bond donors (Lipinski definition) is 0. The van der Waals surface area contributed by atoms with Crippen molar-refractivity contribution >= 4 is 0 Å². The zero-order valence-corrected chi connectivity index (χ0v) is 10.0. The van der Waals surface area contributed by atoms with Crippen molar-refractivity contribution in [1.82, 2.24) is 0 Å². The van der Waals surface area contributed by atoms with Gasteiger partial charge >= 0.3 is 0 Å². The maximum atomic E-state index is 9.05. The lowest BCUT2D eigenvalue weighted by Gasteiger charge is -2.14. The Morgan fingerprint density at radius 1 is 1.27 bits per heavy atom. The predicted molar refractivity (Wildman–Crippen MR) is 63.6 cm³/mol. The molecular formula is C14H19N. The molecule has 0 amide bonds. The van der Waals surface area contributed by atoms with E-state index in [9.17, 15) is 0 Å². The molecule has 0 fully saturated rings. The molecule has 0 N–H and O–H groups in total. The summed E-state index contributed by atoms with van der Waals surface area (Å²) >= 11 is 0. The van der Waals surface area contributed by atoms with Gasteiger partial charge in [0.1, 0.15) is 0 Å². The zero-order valence-electron chi connectivity index (χ0n) is 10.0. The van der Waals surface area contributed by atoms with Gasteiger partial charge < -0.3 is 0 Å². The van der Waals surface area contributed by atoms with Crippen LogP contribution in [0.1, 0.15) is 30.5 Å². The van der Waals surface area contributed by atoms with E-state index >= 15 is 0 Å². The molecule has 1 atom stereocenters. The predicted octanol–water partition coefficient (Wildman–Crippen LogP) is 3.64. The van der Waals surface area contributed by atoms with E-state index in [1.54, 1.807) is 0 Å². The summed E-state index contributed by atoms with van der Waals surface area (Å²) in [6.07, 6.45) is 0.875. The maximum absolute atomic E-state index is 9.05. The van der Waals surface area contributed by atoms with Crippen molar-refractivity contribution in [2.75, 3.05) is 0 Å². The molecule has 0 heterocycles. The quantitative estimate of drug-likeness (QED) is 0.732. The Kier molecular flexibility index (Phi) is 3.91. The first kappa shape index (κ1) is 11.8. The Labute approximate surface area is 92.7 Å². The highest BCUT2D eigenvalue weighted by atomic mass is 14.3. The molecule has 0 saturated carbocycles. The zero-order chi connectivity index (χ0) is 11.4. The summed E-state index contributed by atoms with van der Waals surface area (Å²) in [4.78, 5) is 0. The van der Waals surface area contributed by atoms with Crippen LogP contribution >= 0.6 is 0 Å². The van der Waals surface area contributed by atoms with Gasteiger partial charge in [0, 0.05) is 0 Å². The minimum absolute atomic E-state index is 0.131. The lowest BCUT2D eigenvalue weighted by atomic mass is 9.88. The van der Waals surface area contributed by atoms with E-state index in [4.69, 9.17) is 5.26 Å². The van der Waals surface area contributed by atoms with Gasteiger partial charge in [0.05, 0.1) is 12.0 Å². The number of benzene rings is 1. The number of nitriles is 1. The van der Waals surface area contributed by atoms with Crippen LogP contribution in [0.2, 0.25) is 0 Å². The second-order valence-corrected chi connectivity index (χ2v) is 4.61. The number of aryl methyl sites for hydroxylation is 2. The fourth-order valence-electron chi connectivity index (χ4n) is 1.74. The van der Waals surface area contributed by atoms with Crippen LogP contribution in [0, 0.1) is 37.0 Å². The van der Waals surface area contributed by atoms with Gasteiger partial charge in [-0.2, -0.15) is 5.26 Å². The van der Waals surface area contributed by atoms with Gasteiger partial charge in [-0.05, 0) is 37.3 Å². The van der Waals surface area contributed by atoms with Crippen molar-refractivity contribution in [1.29, 1.82) is 5.26 Å². The van der Waals surface area contributed by atoms with Crippen LogP contribution in [-0.2, 0) is 6.42 Å². The molecule has 1 aromatic rings. The third-order valence-corrected chi connectivity index (χ3v) is 2.91. The third kappa shape index (κ3) is 3.09. The smallest absolute Gasteiger partial charge is 0.0661 e. The molecule has 1 rings (SSSR count). The fourth-order valence-corrected chi connectivity index (χ4v) is 1.74. The first-order valence-corrected chi connectivity index (χ1v) is 5.50. The van der Waals surface area contributed by atoms with E-state index < -0.39 is 0 Å². The monoisotopic (exact) mass is 201 g/mol. The molecule has 0 saturated heterocycles. The summed E-state index contributed by atoms with van der Waals surface area (Å²) in [7, 11) is 0. The Morgan fingerprint density at radius 3 is 2.40 bits per heavy atom. The van der Waals surface area contributed by atoms with Crippen LogP contribution in [0.4, 0.5) is 0 Å². The molecule has 0 spiro atoms. The molecule has 0 aliphatic heterocycles. The molecular weight excluding hydrogens is 182 g/mol. The van der Waals surface area contributed by atoms with Crippen molar-refractivity contribution in [2.24, 2.45) is 11.8 Å². The molecule has 15 heavy (non-hydrogen) atoms. The van der Waals surface area contributed by atoms with Crippen LogP contribution in [0.25, 0.3) is 0 Å². The normalized spacial score (nSPS) is 12.5. The highest BCUT2D eigenvalue weighted by Crippen LogP contribution is 2.19. The molecule has 0 radical (unpaired) electrons. The Balaban J connectivity index is 2.85. The van der Waals surface area contributed by atoms with Crippen molar-refractivity contribution in [2.45, 2.75) is 34.1 Å². The summed E-state index contributed by atoms with van der Waals surface area (Å²) < 4.78 is 0. The molecule has 0 aliphatic rings. The highest BCUT2D eigenvalue weighted by molar-refractivity contribution is 5.31. The van der Waals surface area contributed by atoms with E-state index in [1.165, 1.54) is 16.7 Å². The van der Waals surface area contributed by atoms with E-state index in [2.05, 4.69) is 52.0 Å². The topological polar surface area (TPSA) is 23.8 Å². The Bertz CT molecular complexity index is 371. The summed E-state index contributed by atoms with van der Waals surface area (Å²) in [5.41, 5.74) is 3.89. The van der Waals surface area contributed by atoms with Crippen LogP contribution in [0.5, 0.6) is 0 Å². The fraction of sp³-hybridized carbons (Fsp3) is 0.500. The Hall–Kier alpha value is -1.29. The minimum atomic E-state index is 0.131. The molecule has 0 aliphatic carbocycles. The van der Waals surface area contributed by atoms with E-state index in [0.717, 1.165) is 6.42 Å². The number of nitrogens with zero attached hydrogens (tertiary/aromatic N) is 1. The summed E-state index contributed by atoms with van der Waals surface area (Å²) in [6, 6.07) is 8.85. The van der Waals surface area contributed by atoms with Gasteiger partial charge in [0.25, 0.3) is 0 Å². The molecule has 1 nitrogen and oxygen atoms in total. The SMILES string of the molecule is Cc1ccc(CC(C#N)C(C)C)c(C)c1. The molecule has 1 unspecified atom stereocenters. The standard InChI is InChI=1S/C14H19N/c1-10(2)14(9-15)8-13-6-5-11(3)7-12(13)4/h5-7,10,14H,8H2,1-4H3. The van der Waals surface area contributed by atoms with Gasteiger partial charge in [0.15, 0.2) is 0 Å². The average Bonchev–Trinajstić information content (AvgIpc) is 2.16. The molecule has 1 aromatic carbocycles. The van der Waals surface area contributed by atoms with Gasteiger partial charge in [-0.3, -0.25) is 0 Å². The van der Waals surface area contributed by atoms with Gasteiger partial charge in [-0.15, -0.1) is 0 Å². The number of hydrogen-bond acceptors (Lipinski definition) is 1. The molecule has 0 aromatic heterocycles. The Morgan fingerprint density at radius 2 is 1.93 bits per heavy atom. The minimum Gasteiger partial charge on any atom is -0.198 e. The van der Waals surface area contributed by atoms with Gasteiger partial charge in [-0.1, -0.05) is 37.6 Å². The lowest BCUT2D eigenvalue weighted by Crippen LogP contribution is -2.10. The summed E-state index contributed by atoms with van der Waals surface area (Å²) in [5, 5.41) is 9.05. The van der Waals surface area contributed by atoms with Crippen molar-refractivity contribution in [3.05, 3.63) is 34.9 Å². The van der Waals surface area contributed by atoms with Crippen molar-refractivity contribution in [3.63, 3.8) is 0 Å². The third-order valence-electron chi connectivity index (χ3n) is 2.91. The first-order valence-electron chi connectivity index (χ1n) is 5.50. The second-order valence-electron chi connectivity index (χ2n) is 4.61. The number of rotatable bonds is 3.